The largest absolute Gasteiger partial charge is 0.328 e. The minimum Gasteiger partial charge on any atom is -0.328 e. The Kier molecular flexibility index (Phi) is 3.60. The summed E-state index contributed by atoms with van der Waals surface area (Å²) < 4.78 is 15.1. The van der Waals surface area contributed by atoms with E-state index in [4.69, 9.17) is 11.6 Å². The third-order valence-electron chi connectivity index (χ3n) is 2.84. The molecule has 9 heteroatoms. The van der Waals surface area contributed by atoms with Crippen LogP contribution in [0.1, 0.15) is 16.2 Å². The first-order valence-electron chi connectivity index (χ1n) is 6.24. The van der Waals surface area contributed by atoms with Gasteiger partial charge in [0.2, 0.25) is 5.95 Å². The second kappa shape index (κ2) is 5.57. The normalized spacial score (nSPS) is 10.7. The zero-order valence-electron chi connectivity index (χ0n) is 11.3. The van der Waals surface area contributed by atoms with Crippen LogP contribution in [-0.4, -0.2) is 30.9 Å². The monoisotopic (exact) mass is 320 g/mol. The summed E-state index contributed by atoms with van der Waals surface area (Å²) in [6.45, 7) is 1.81. The Morgan fingerprint density at radius 1 is 1.45 bits per heavy atom. The maximum atomic E-state index is 13.9. The summed E-state index contributed by atoms with van der Waals surface area (Å²) in [5.41, 5.74) is 0.932. The van der Waals surface area contributed by atoms with Crippen molar-refractivity contribution in [3.63, 3.8) is 0 Å². The Bertz CT molecular complexity index is 843. The molecule has 0 spiro atoms. The standard InChI is InChI=1S/C13H10ClFN6O/c1-7-5-16-13(17-7)18-12(22)9-6-21(20-19-9)10-4-2-3-8(14)11(10)15/h2-6H,1H3,(H2,16,17,18,22). The van der Waals surface area contributed by atoms with Crippen LogP contribution in [0, 0.1) is 12.7 Å². The number of anilines is 1. The van der Waals surface area contributed by atoms with Crippen molar-refractivity contribution in [2.45, 2.75) is 6.92 Å². The molecule has 2 heterocycles. The number of benzene rings is 1. The van der Waals surface area contributed by atoms with Crippen LogP contribution in [0.3, 0.4) is 0 Å². The maximum Gasteiger partial charge on any atom is 0.280 e. The number of aromatic nitrogens is 5. The number of imidazole rings is 1. The predicted octanol–water partition coefficient (Wildman–Crippen LogP) is 2.34. The van der Waals surface area contributed by atoms with Crippen LogP contribution in [0.5, 0.6) is 0 Å². The first-order valence-corrected chi connectivity index (χ1v) is 6.62. The molecule has 0 saturated heterocycles. The first-order chi connectivity index (χ1) is 10.5. The number of nitrogens with zero attached hydrogens (tertiary/aromatic N) is 4. The van der Waals surface area contributed by atoms with Crippen LogP contribution in [0.4, 0.5) is 10.3 Å². The average Bonchev–Trinajstić information content (AvgIpc) is 3.11. The minimum absolute atomic E-state index is 0.0217. The summed E-state index contributed by atoms with van der Waals surface area (Å²) in [5.74, 6) is -0.850. The van der Waals surface area contributed by atoms with Crippen molar-refractivity contribution in [2.75, 3.05) is 5.32 Å². The summed E-state index contributed by atoms with van der Waals surface area (Å²) in [6.07, 6.45) is 2.88. The van der Waals surface area contributed by atoms with E-state index >= 15 is 0 Å². The van der Waals surface area contributed by atoms with Crippen LogP contribution >= 0.6 is 11.6 Å². The molecule has 1 amide bonds. The van der Waals surface area contributed by atoms with Gasteiger partial charge in [-0.3, -0.25) is 10.1 Å². The number of amides is 1. The van der Waals surface area contributed by atoms with Crippen molar-refractivity contribution >= 4 is 23.5 Å². The van der Waals surface area contributed by atoms with Crippen LogP contribution in [0.15, 0.2) is 30.6 Å². The molecule has 22 heavy (non-hydrogen) atoms. The molecule has 0 saturated carbocycles. The molecule has 0 bridgehead atoms. The quantitative estimate of drug-likeness (QED) is 0.775. The number of nitrogens with one attached hydrogen (secondary N) is 2. The number of aryl methyl sites for hydroxylation is 1. The number of halogens is 2. The van der Waals surface area contributed by atoms with Gasteiger partial charge in [-0.15, -0.1) is 5.10 Å². The molecule has 3 rings (SSSR count). The molecular formula is C13H10ClFN6O. The van der Waals surface area contributed by atoms with E-state index in [-0.39, 0.29) is 16.4 Å². The Morgan fingerprint density at radius 2 is 2.27 bits per heavy atom. The number of hydrogen-bond acceptors (Lipinski definition) is 4. The molecule has 0 atom stereocenters. The molecule has 0 aliphatic rings. The fourth-order valence-electron chi connectivity index (χ4n) is 1.80. The molecule has 0 unspecified atom stereocenters. The molecule has 3 aromatic rings. The number of H-pyrrole nitrogens is 1. The van der Waals surface area contributed by atoms with Crippen LogP contribution in [0.25, 0.3) is 5.69 Å². The molecule has 0 aliphatic carbocycles. The minimum atomic E-state index is -0.636. The van der Waals surface area contributed by atoms with Gasteiger partial charge in [-0.25, -0.2) is 14.1 Å². The molecule has 112 valence electrons. The first kappa shape index (κ1) is 14.2. The number of carbonyl (C=O) groups is 1. The molecular weight excluding hydrogens is 311 g/mol. The van der Waals surface area contributed by atoms with E-state index in [1.54, 1.807) is 19.2 Å². The number of aromatic amines is 1. The van der Waals surface area contributed by atoms with E-state index in [9.17, 15) is 9.18 Å². The van der Waals surface area contributed by atoms with E-state index in [0.717, 1.165) is 10.4 Å². The van der Waals surface area contributed by atoms with Crippen LogP contribution in [-0.2, 0) is 0 Å². The Labute approximate surface area is 129 Å². The van der Waals surface area contributed by atoms with Gasteiger partial charge < -0.3 is 4.98 Å². The summed E-state index contributed by atoms with van der Waals surface area (Å²) in [7, 11) is 0. The molecule has 7 nitrogen and oxygen atoms in total. The maximum absolute atomic E-state index is 13.9. The van der Waals surface area contributed by atoms with Gasteiger partial charge in [0.25, 0.3) is 5.91 Å². The van der Waals surface area contributed by atoms with Gasteiger partial charge in [0.05, 0.1) is 11.2 Å². The average molecular weight is 321 g/mol. The van der Waals surface area contributed by atoms with Crippen LogP contribution < -0.4 is 5.32 Å². The lowest BCUT2D eigenvalue weighted by atomic mass is 10.3. The van der Waals surface area contributed by atoms with E-state index in [1.807, 2.05) is 0 Å². The lowest BCUT2D eigenvalue weighted by Gasteiger charge is -2.02. The molecule has 2 aromatic heterocycles. The Morgan fingerprint density at radius 3 is 3.00 bits per heavy atom. The Hall–Kier alpha value is -2.74. The van der Waals surface area contributed by atoms with Gasteiger partial charge >= 0.3 is 0 Å². The van der Waals surface area contributed by atoms with Crippen molar-refractivity contribution in [1.29, 1.82) is 0 Å². The van der Waals surface area contributed by atoms with Gasteiger partial charge in [-0.2, -0.15) is 0 Å². The Balaban J connectivity index is 1.84. The molecule has 0 aliphatic heterocycles. The number of carbonyl (C=O) groups excluding carboxylic acids is 1. The van der Waals surface area contributed by atoms with E-state index in [0.29, 0.717) is 5.95 Å². The second-order valence-corrected chi connectivity index (χ2v) is 4.90. The topological polar surface area (TPSA) is 88.5 Å². The highest BCUT2D eigenvalue weighted by Gasteiger charge is 2.15. The van der Waals surface area contributed by atoms with E-state index < -0.39 is 11.7 Å². The molecule has 1 aromatic carbocycles. The smallest absolute Gasteiger partial charge is 0.280 e. The second-order valence-electron chi connectivity index (χ2n) is 4.49. The van der Waals surface area contributed by atoms with Gasteiger partial charge in [-0.05, 0) is 19.1 Å². The predicted molar refractivity (Wildman–Crippen MR) is 77.6 cm³/mol. The fourth-order valence-corrected chi connectivity index (χ4v) is 1.97. The number of rotatable bonds is 3. The highest BCUT2D eigenvalue weighted by molar-refractivity contribution is 6.30. The molecule has 0 fully saturated rings. The highest BCUT2D eigenvalue weighted by atomic mass is 35.5. The van der Waals surface area contributed by atoms with Crippen molar-refractivity contribution in [3.8, 4) is 5.69 Å². The van der Waals surface area contributed by atoms with Crippen molar-refractivity contribution in [2.24, 2.45) is 0 Å². The zero-order chi connectivity index (χ0) is 15.7. The van der Waals surface area contributed by atoms with Gasteiger partial charge in [0.1, 0.15) is 5.69 Å². The van der Waals surface area contributed by atoms with Crippen molar-refractivity contribution in [3.05, 3.63) is 52.8 Å². The van der Waals surface area contributed by atoms with Gasteiger partial charge in [0, 0.05) is 11.9 Å². The van der Waals surface area contributed by atoms with Gasteiger partial charge in [-0.1, -0.05) is 22.9 Å². The van der Waals surface area contributed by atoms with Crippen molar-refractivity contribution < 1.29 is 9.18 Å². The fraction of sp³-hybridized carbons (Fsp3) is 0.0769. The SMILES string of the molecule is Cc1cnc(NC(=O)c2cn(-c3cccc(Cl)c3F)nn2)[nH]1. The third-order valence-corrected chi connectivity index (χ3v) is 3.13. The zero-order valence-corrected chi connectivity index (χ0v) is 12.1. The third kappa shape index (κ3) is 2.68. The lowest BCUT2D eigenvalue weighted by molar-refractivity contribution is 0.102. The van der Waals surface area contributed by atoms with Crippen molar-refractivity contribution in [1.82, 2.24) is 25.0 Å². The number of hydrogen-bond donors (Lipinski definition) is 2. The van der Waals surface area contributed by atoms with E-state index in [1.165, 1.54) is 18.3 Å². The summed E-state index contributed by atoms with van der Waals surface area (Å²) in [5, 5.41) is 9.94. The lowest BCUT2D eigenvalue weighted by Crippen LogP contribution is -2.13. The summed E-state index contributed by atoms with van der Waals surface area (Å²) in [6, 6.07) is 4.48. The molecule has 2 N–H and O–H groups in total. The highest BCUT2D eigenvalue weighted by Crippen LogP contribution is 2.20. The molecule has 0 radical (unpaired) electrons. The van der Waals surface area contributed by atoms with Crippen LogP contribution in [0.2, 0.25) is 5.02 Å². The summed E-state index contributed by atoms with van der Waals surface area (Å²) >= 11 is 5.71. The van der Waals surface area contributed by atoms with Gasteiger partial charge in [0.15, 0.2) is 11.5 Å². The van der Waals surface area contributed by atoms with E-state index in [2.05, 4.69) is 25.6 Å². The summed E-state index contributed by atoms with van der Waals surface area (Å²) in [4.78, 5) is 18.8.